The summed E-state index contributed by atoms with van der Waals surface area (Å²) in [4.78, 5) is 19.0. The van der Waals surface area contributed by atoms with Gasteiger partial charge >= 0.3 is 5.97 Å². The van der Waals surface area contributed by atoms with Gasteiger partial charge in [-0.2, -0.15) is 0 Å². The fraction of sp³-hybridized carbons (Fsp3) is 0.500. The molecule has 1 aromatic rings. The van der Waals surface area contributed by atoms with Crippen LogP contribution >= 0.6 is 0 Å². The van der Waals surface area contributed by atoms with Crippen LogP contribution in [0.1, 0.15) is 30.6 Å². The molecule has 0 saturated carbocycles. The van der Waals surface area contributed by atoms with Crippen molar-refractivity contribution in [2.45, 2.75) is 26.6 Å². The van der Waals surface area contributed by atoms with Crippen LogP contribution in [0.5, 0.6) is 0 Å². The van der Waals surface area contributed by atoms with Gasteiger partial charge in [-0.1, -0.05) is 6.92 Å². The van der Waals surface area contributed by atoms with Crippen molar-refractivity contribution in [2.75, 3.05) is 6.61 Å². The first-order chi connectivity index (χ1) is 7.27. The number of ether oxygens (including phenoxy) is 2. The molecule has 15 heavy (non-hydrogen) atoms. The quantitative estimate of drug-likeness (QED) is 0.543. The summed E-state index contributed by atoms with van der Waals surface area (Å²) >= 11 is 0. The van der Waals surface area contributed by atoms with E-state index in [1.54, 1.807) is 0 Å². The molecule has 1 rings (SSSR count). The van der Waals surface area contributed by atoms with Crippen LogP contribution in [0.3, 0.4) is 0 Å². The molecule has 0 spiro atoms. The summed E-state index contributed by atoms with van der Waals surface area (Å²) in [5.74, 6) is -0.462. The molecule has 0 amide bonds. The Hall–Kier alpha value is -1.49. The highest BCUT2D eigenvalue weighted by atomic mass is 16.7. The number of aromatic nitrogens is 2. The Balaban J connectivity index is 2.55. The molecule has 82 valence electrons. The Morgan fingerprint density at radius 3 is 2.60 bits per heavy atom. The van der Waals surface area contributed by atoms with Gasteiger partial charge in [0.25, 0.3) is 0 Å². The molecular weight excluding hydrogens is 196 g/mol. The fourth-order valence-electron chi connectivity index (χ4n) is 1.01. The molecule has 0 fully saturated rings. The van der Waals surface area contributed by atoms with E-state index in [9.17, 15) is 4.79 Å². The van der Waals surface area contributed by atoms with E-state index in [-0.39, 0.29) is 0 Å². The molecule has 0 aliphatic rings. The minimum atomic E-state index is -0.497. The lowest BCUT2D eigenvalue weighted by molar-refractivity contribution is -0.107. The summed E-state index contributed by atoms with van der Waals surface area (Å²) in [6.45, 7) is 4.24. The molecule has 5 heteroatoms. The summed E-state index contributed by atoms with van der Waals surface area (Å²) in [6.07, 6.45) is 4.30. The van der Waals surface area contributed by atoms with E-state index in [1.807, 2.05) is 13.8 Å². The van der Waals surface area contributed by atoms with Gasteiger partial charge < -0.3 is 9.47 Å². The molecular formula is C10H14N2O3. The number of carbonyl (C=O) groups excluding carboxylic acids is 1. The van der Waals surface area contributed by atoms with Crippen LogP contribution in [0.4, 0.5) is 0 Å². The number of nitrogens with zero attached hydrogens (tertiary/aromatic N) is 2. The van der Waals surface area contributed by atoms with E-state index in [2.05, 4.69) is 9.97 Å². The standard InChI is InChI=1S/C10H14N2O3/c1-3-9(14-4-2)15-10(13)8-5-11-7-12-6-8/h5-7,9H,3-4H2,1-2H3. The van der Waals surface area contributed by atoms with Crippen molar-refractivity contribution in [1.82, 2.24) is 9.97 Å². The third kappa shape index (κ3) is 3.63. The maximum absolute atomic E-state index is 11.5. The molecule has 0 N–H and O–H groups in total. The van der Waals surface area contributed by atoms with Gasteiger partial charge in [0.15, 0.2) is 0 Å². The predicted octanol–water partition coefficient (Wildman–Crippen LogP) is 1.41. The first-order valence-corrected chi connectivity index (χ1v) is 4.85. The van der Waals surface area contributed by atoms with Crippen molar-refractivity contribution in [3.05, 3.63) is 24.3 Å². The van der Waals surface area contributed by atoms with Crippen molar-refractivity contribution in [2.24, 2.45) is 0 Å². The Morgan fingerprint density at radius 2 is 2.07 bits per heavy atom. The molecule has 5 nitrogen and oxygen atoms in total. The Labute approximate surface area is 88.4 Å². The predicted molar refractivity (Wildman–Crippen MR) is 53.2 cm³/mol. The zero-order chi connectivity index (χ0) is 11.1. The maximum Gasteiger partial charge on any atom is 0.343 e. The molecule has 1 aromatic heterocycles. The number of hydrogen-bond acceptors (Lipinski definition) is 5. The van der Waals surface area contributed by atoms with Crippen LogP contribution in [0.15, 0.2) is 18.7 Å². The minimum absolute atomic E-state index is 0.329. The van der Waals surface area contributed by atoms with Crippen LogP contribution < -0.4 is 0 Å². The van der Waals surface area contributed by atoms with Crippen LogP contribution in [0, 0.1) is 0 Å². The Kier molecular flexibility index (Phi) is 4.70. The molecule has 1 unspecified atom stereocenters. The molecule has 0 aliphatic heterocycles. The second-order valence-electron chi connectivity index (χ2n) is 2.83. The van der Waals surface area contributed by atoms with Crippen LogP contribution in [0.25, 0.3) is 0 Å². The van der Waals surface area contributed by atoms with E-state index in [0.717, 1.165) is 0 Å². The topological polar surface area (TPSA) is 61.3 Å². The third-order valence-electron chi connectivity index (χ3n) is 1.72. The lowest BCUT2D eigenvalue weighted by atomic mass is 10.3. The van der Waals surface area contributed by atoms with Crippen LogP contribution in [-0.2, 0) is 9.47 Å². The van der Waals surface area contributed by atoms with E-state index in [4.69, 9.17) is 9.47 Å². The van der Waals surface area contributed by atoms with E-state index in [1.165, 1.54) is 18.7 Å². The summed E-state index contributed by atoms with van der Waals surface area (Å²) in [5, 5.41) is 0. The molecule has 1 heterocycles. The first-order valence-electron chi connectivity index (χ1n) is 4.85. The third-order valence-corrected chi connectivity index (χ3v) is 1.72. The van der Waals surface area contributed by atoms with Gasteiger partial charge in [0, 0.05) is 25.4 Å². The van der Waals surface area contributed by atoms with Gasteiger partial charge in [0.2, 0.25) is 6.29 Å². The zero-order valence-corrected chi connectivity index (χ0v) is 8.84. The second kappa shape index (κ2) is 6.08. The summed E-state index contributed by atoms with van der Waals surface area (Å²) in [5.41, 5.74) is 0.329. The smallest absolute Gasteiger partial charge is 0.343 e. The number of rotatable bonds is 5. The largest absolute Gasteiger partial charge is 0.432 e. The van der Waals surface area contributed by atoms with Crippen LogP contribution in [-0.4, -0.2) is 28.8 Å². The molecule has 0 radical (unpaired) electrons. The van der Waals surface area contributed by atoms with Gasteiger partial charge in [0.05, 0.1) is 5.56 Å². The summed E-state index contributed by atoms with van der Waals surface area (Å²) < 4.78 is 10.3. The highest BCUT2D eigenvalue weighted by Crippen LogP contribution is 2.05. The SMILES string of the molecule is CCOC(CC)OC(=O)c1cncnc1. The summed E-state index contributed by atoms with van der Waals surface area (Å²) in [7, 11) is 0. The van der Waals surface area contributed by atoms with Crippen LogP contribution in [0.2, 0.25) is 0 Å². The normalized spacial score (nSPS) is 12.1. The van der Waals surface area contributed by atoms with Gasteiger partial charge in [-0.3, -0.25) is 0 Å². The van der Waals surface area contributed by atoms with Gasteiger partial charge in [-0.05, 0) is 6.92 Å². The van der Waals surface area contributed by atoms with Gasteiger partial charge in [-0.25, -0.2) is 14.8 Å². The van der Waals surface area contributed by atoms with E-state index >= 15 is 0 Å². The van der Waals surface area contributed by atoms with Crippen molar-refractivity contribution < 1.29 is 14.3 Å². The number of hydrogen-bond donors (Lipinski definition) is 0. The van der Waals surface area contributed by atoms with E-state index in [0.29, 0.717) is 18.6 Å². The lowest BCUT2D eigenvalue weighted by Crippen LogP contribution is -2.20. The van der Waals surface area contributed by atoms with Crippen molar-refractivity contribution in [1.29, 1.82) is 0 Å². The average Bonchev–Trinajstić information content (AvgIpc) is 2.29. The van der Waals surface area contributed by atoms with Crippen molar-refractivity contribution in [3.63, 3.8) is 0 Å². The average molecular weight is 210 g/mol. The minimum Gasteiger partial charge on any atom is -0.432 e. The zero-order valence-electron chi connectivity index (χ0n) is 8.84. The number of carbonyl (C=O) groups is 1. The Morgan fingerprint density at radius 1 is 1.40 bits per heavy atom. The summed E-state index contributed by atoms with van der Waals surface area (Å²) in [6, 6.07) is 0. The first kappa shape index (κ1) is 11.6. The highest BCUT2D eigenvalue weighted by molar-refractivity contribution is 5.88. The molecule has 1 atom stereocenters. The van der Waals surface area contributed by atoms with Crippen molar-refractivity contribution >= 4 is 5.97 Å². The van der Waals surface area contributed by atoms with Gasteiger partial charge in [-0.15, -0.1) is 0 Å². The fourth-order valence-corrected chi connectivity index (χ4v) is 1.01. The van der Waals surface area contributed by atoms with Crippen molar-refractivity contribution in [3.8, 4) is 0 Å². The second-order valence-corrected chi connectivity index (χ2v) is 2.83. The Bertz CT molecular complexity index is 303. The lowest BCUT2D eigenvalue weighted by Gasteiger charge is -2.15. The molecule has 0 saturated heterocycles. The molecule has 0 aromatic carbocycles. The maximum atomic E-state index is 11.5. The highest BCUT2D eigenvalue weighted by Gasteiger charge is 2.14. The molecule has 0 bridgehead atoms. The monoisotopic (exact) mass is 210 g/mol. The number of esters is 1. The van der Waals surface area contributed by atoms with E-state index < -0.39 is 12.3 Å². The molecule has 0 aliphatic carbocycles. The van der Waals surface area contributed by atoms with Gasteiger partial charge in [0.1, 0.15) is 6.33 Å².